The van der Waals surface area contributed by atoms with E-state index in [1.54, 1.807) is 11.9 Å². The average Bonchev–Trinajstić information content (AvgIpc) is 2.64. The number of amides is 2. The van der Waals surface area contributed by atoms with Crippen molar-refractivity contribution in [2.75, 3.05) is 12.4 Å². The zero-order valence-electron chi connectivity index (χ0n) is 14.7. The Hall–Kier alpha value is -2.83. The van der Waals surface area contributed by atoms with Crippen LogP contribution in [0.15, 0.2) is 54.6 Å². The van der Waals surface area contributed by atoms with Crippen LogP contribution in [0, 0.1) is 5.92 Å². The van der Waals surface area contributed by atoms with E-state index in [1.165, 1.54) is 12.1 Å². The SMILES string of the molecule is CN1C(=O)CC[C@H](C(=O)Nc2ccc(C(F)(F)F)cc2)[C@@H]1c1ccccc1. The molecule has 1 aliphatic heterocycles. The Labute approximate surface area is 155 Å². The molecule has 7 heteroatoms. The summed E-state index contributed by atoms with van der Waals surface area (Å²) in [5.41, 5.74) is 0.366. The van der Waals surface area contributed by atoms with Gasteiger partial charge in [0.1, 0.15) is 0 Å². The second kappa shape index (κ2) is 7.42. The highest BCUT2D eigenvalue weighted by Gasteiger charge is 2.39. The zero-order chi connectivity index (χ0) is 19.6. The minimum Gasteiger partial charge on any atom is -0.338 e. The van der Waals surface area contributed by atoms with Gasteiger partial charge in [0.15, 0.2) is 0 Å². The molecule has 1 N–H and O–H groups in total. The topological polar surface area (TPSA) is 49.4 Å². The van der Waals surface area contributed by atoms with Crippen LogP contribution in [0.1, 0.15) is 30.0 Å². The van der Waals surface area contributed by atoms with E-state index >= 15 is 0 Å². The number of nitrogens with zero attached hydrogens (tertiary/aromatic N) is 1. The molecule has 0 radical (unpaired) electrons. The summed E-state index contributed by atoms with van der Waals surface area (Å²) in [6.45, 7) is 0. The van der Waals surface area contributed by atoms with Crippen molar-refractivity contribution in [3.05, 3.63) is 65.7 Å². The summed E-state index contributed by atoms with van der Waals surface area (Å²) in [7, 11) is 1.66. The smallest absolute Gasteiger partial charge is 0.338 e. The third-order valence-corrected chi connectivity index (χ3v) is 4.82. The first-order chi connectivity index (χ1) is 12.8. The Kier molecular flexibility index (Phi) is 5.21. The molecule has 2 aromatic carbocycles. The number of carbonyl (C=O) groups excluding carboxylic acids is 2. The van der Waals surface area contributed by atoms with E-state index in [0.717, 1.165) is 17.7 Å². The van der Waals surface area contributed by atoms with Crippen LogP contribution in [0.25, 0.3) is 0 Å². The van der Waals surface area contributed by atoms with Crippen LogP contribution in [0.2, 0.25) is 0 Å². The molecule has 0 saturated carbocycles. The van der Waals surface area contributed by atoms with Crippen molar-refractivity contribution in [2.45, 2.75) is 25.1 Å². The highest BCUT2D eigenvalue weighted by molar-refractivity contribution is 5.94. The molecule has 3 rings (SSSR count). The molecular weight excluding hydrogens is 357 g/mol. The maximum atomic E-state index is 12.8. The molecule has 1 saturated heterocycles. The van der Waals surface area contributed by atoms with Gasteiger partial charge in [-0.15, -0.1) is 0 Å². The monoisotopic (exact) mass is 376 g/mol. The number of rotatable bonds is 3. The lowest BCUT2D eigenvalue weighted by molar-refractivity contribution is -0.140. The molecule has 27 heavy (non-hydrogen) atoms. The van der Waals surface area contributed by atoms with Gasteiger partial charge in [0.2, 0.25) is 11.8 Å². The minimum absolute atomic E-state index is 0.0394. The Morgan fingerprint density at radius 1 is 1.07 bits per heavy atom. The van der Waals surface area contributed by atoms with E-state index in [2.05, 4.69) is 5.32 Å². The van der Waals surface area contributed by atoms with Gasteiger partial charge in [-0.05, 0) is 36.2 Å². The Morgan fingerprint density at radius 3 is 2.30 bits per heavy atom. The van der Waals surface area contributed by atoms with Crippen molar-refractivity contribution in [2.24, 2.45) is 5.92 Å². The molecule has 1 heterocycles. The fraction of sp³-hybridized carbons (Fsp3) is 0.300. The lowest BCUT2D eigenvalue weighted by Gasteiger charge is -2.38. The highest BCUT2D eigenvalue weighted by Crippen LogP contribution is 2.36. The summed E-state index contributed by atoms with van der Waals surface area (Å²) in [5, 5.41) is 2.68. The van der Waals surface area contributed by atoms with Gasteiger partial charge >= 0.3 is 6.18 Å². The molecule has 0 spiro atoms. The molecule has 4 nitrogen and oxygen atoms in total. The van der Waals surface area contributed by atoms with Gasteiger partial charge in [-0.1, -0.05) is 30.3 Å². The normalized spacial score (nSPS) is 20.4. The third kappa shape index (κ3) is 4.13. The second-order valence-corrected chi connectivity index (χ2v) is 6.57. The summed E-state index contributed by atoms with van der Waals surface area (Å²) >= 11 is 0. The number of likely N-dealkylation sites (tertiary alicyclic amines) is 1. The second-order valence-electron chi connectivity index (χ2n) is 6.57. The number of benzene rings is 2. The van der Waals surface area contributed by atoms with Crippen LogP contribution < -0.4 is 5.32 Å². The van der Waals surface area contributed by atoms with Crippen molar-refractivity contribution in [1.29, 1.82) is 0 Å². The van der Waals surface area contributed by atoms with Crippen molar-refractivity contribution in [3.63, 3.8) is 0 Å². The van der Waals surface area contributed by atoms with Gasteiger partial charge in [-0.25, -0.2) is 0 Å². The fourth-order valence-electron chi connectivity index (χ4n) is 3.40. The maximum absolute atomic E-state index is 12.8. The molecule has 2 aromatic rings. The molecule has 2 atom stereocenters. The number of piperidine rings is 1. The molecule has 142 valence electrons. The Balaban J connectivity index is 1.80. The number of halogens is 3. The van der Waals surface area contributed by atoms with Crippen LogP contribution in [0.4, 0.5) is 18.9 Å². The van der Waals surface area contributed by atoms with E-state index in [1.807, 2.05) is 30.3 Å². The summed E-state index contributed by atoms with van der Waals surface area (Å²) < 4.78 is 38.0. The quantitative estimate of drug-likeness (QED) is 0.871. The van der Waals surface area contributed by atoms with Gasteiger partial charge in [0.05, 0.1) is 17.5 Å². The van der Waals surface area contributed by atoms with Gasteiger partial charge < -0.3 is 10.2 Å². The van der Waals surface area contributed by atoms with Crippen molar-refractivity contribution in [3.8, 4) is 0 Å². The van der Waals surface area contributed by atoms with Gasteiger partial charge in [0, 0.05) is 19.2 Å². The van der Waals surface area contributed by atoms with Crippen molar-refractivity contribution >= 4 is 17.5 Å². The molecule has 0 bridgehead atoms. The van der Waals surface area contributed by atoms with Crippen LogP contribution in [-0.2, 0) is 15.8 Å². The number of carbonyl (C=O) groups is 2. The van der Waals surface area contributed by atoms with Gasteiger partial charge in [0.25, 0.3) is 0 Å². The van der Waals surface area contributed by atoms with Gasteiger partial charge in [-0.3, -0.25) is 9.59 Å². The summed E-state index contributed by atoms with van der Waals surface area (Å²) in [5.74, 6) is -0.845. The molecule has 0 unspecified atom stereocenters. The summed E-state index contributed by atoms with van der Waals surface area (Å²) in [4.78, 5) is 26.5. The van der Waals surface area contributed by atoms with Crippen LogP contribution in [0.5, 0.6) is 0 Å². The number of hydrogen-bond acceptors (Lipinski definition) is 2. The molecule has 2 amide bonds. The lowest BCUT2D eigenvalue weighted by atomic mass is 9.84. The van der Waals surface area contributed by atoms with Gasteiger partial charge in [-0.2, -0.15) is 13.2 Å². The van der Waals surface area contributed by atoms with E-state index in [9.17, 15) is 22.8 Å². The Bertz CT molecular complexity index is 819. The predicted molar refractivity (Wildman–Crippen MR) is 94.8 cm³/mol. The fourth-order valence-corrected chi connectivity index (χ4v) is 3.40. The van der Waals surface area contributed by atoms with E-state index < -0.39 is 23.7 Å². The largest absolute Gasteiger partial charge is 0.416 e. The number of alkyl halides is 3. The first-order valence-corrected chi connectivity index (χ1v) is 8.56. The maximum Gasteiger partial charge on any atom is 0.416 e. The molecular formula is C20H19F3N2O2. The third-order valence-electron chi connectivity index (χ3n) is 4.82. The van der Waals surface area contributed by atoms with Crippen LogP contribution in [-0.4, -0.2) is 23.8 Å². The van der Waals surface area contributed by atoms with Crippen molar-refractivity contribution < 1.29 is 22.8 Å². The molecule has 1 aliphatic rings. The molecule has 0 aliphatic carbocycles. The summed E-state index contributed by atoms with van der Waals surface area (Å²) in [6.07, 6.45) is -3.78. The predicted octanol–water partition coefficient (Wildman–Crippen LogP) is 4.25. The van der Waals surface area contributed by atoms with E-state index in [0.29, 0.717) is 12.1 Å². The molecule has 0 aromatic heterocycles. The number of hydrogen-bond donors (Lipinski definition) is 1. The zero-order valence-corrected chi connectivity index (χ0v) is 14.7. The van der Waals surface area contributed by atoms with E-state index in [4.69, 9.17) is 0 Å². The Morgan fingerprint density at radius 2 is 1.70 bits per heavy atom. The van der Waals surface area contributed by atoms with Crippen LogP contribution >= 0.6 is 0 Å². The average molecular weight is 376 g/mol. The first kappa shape index (κ1) is 18.9. The van der Waals surface area contributed by atoms with Crippen LogP contribution in [0.3, 0.4) is 0 Å². The first-order valence-electron chi connectivity index (χ1n) is 8.56. The van der Waals surface area contributed by atoms with E-state index in [-0.39, 0.29) is 18.2 Å². The number of anilines is 1. The molecule has 1 fully saturated rings. The highest BCUT2D eigenvalue weighted by atomic mass is 19.4. The lowest BCUT2D eigenvalue weighted by Crippen LogP contribution is -2.44. The summed E-state index contributed by atoms with van der Waals surface area (Å²) in [6, 6.07) is 13.2. The minimum atomic E-state index is -4.42. The van der Waals surface area contributed by atoms with Crippen molar-refractivity contribution in [1.82, 2.24) is 4.90 Å². The number of nitrogens with one attached hydrogen (secondary N) is 1. The standard InChI is InChI=1S/C20H19F3N2O2/c1-25-17(26)12-11-16(18(25)13-5-3-2-4-6-13)19(27)24-15-9-7-14(8-10-15)20(21,22)23/h2-10,16,18H,11-12H2,1H3,(H,24,27)/t16-,18-/m0/s1.